The zero-order valence-corrected chi connectivity index (χ0v) is 15.6. The molecular formula is C20H16N2O4S. The maximum Gasteiger partial charge on any atom is 0.290 e. The van der Waals surface area contributed by atoms with Crippen LogP contribution in [0.4, 0.5) is 4.79 Å². The second-order valence-electron chi connectivity index (χ2n) is 6.02. The number of pyridine rings is 1. The first kappa shape index (κ1) is 17.4. The van der Waals surface area contributed by atoms with Gasteiger partial charge in [-0.15, -0.1) is 0 Å². The summed E-state index contributed by atoms with van der Waals surface area (Å²) in [6.45, 7) is 4.56. The number of nitrogens with one attached hydrogen (secondary N) is 1. The summed E-state index contributed by atoms with van der Waals surface area (Å²) in [4.78, 5) is 27.6. The van der Waals surface area contributed by atoms with E-state index in [1.807, 2.05) is 32.0 Å². The highest BCUT2D eigenvalue weighted by Crippen LogP contribution is 2.34. The standard InChI is InChI=1S/C20H16N2O4S/c1-3-25-16-5-4-12(6-11(16)2)15-10-21-9-13-7-14(26-18(13)15)8-17-19(23)22-20(24)27-17/h4-10H,3H2,1-2H3,(H,22,23,24)/b17-8+. The Morgan fingerprint density at radius 1 is 1.26 bits per heavy atom. The van der Waals surface area contributed by atoms with Crippen molar-refractivity contribution in [1.82, 2.24) is 10.3 Å². The Hall–Kier alpha value is -3.06. The highest BCUT2D eigenvalue weighted by atomic mass is 32.2. The van der Waals surface area contributed by atoms with Crippen LogP contribution in [-0.2, 0) is 4.79 Å². The molecule has 0 saturated carbocycles. The Morgan fingerprint density at radius 2 is 2.11 bits per heavy atom. The van der Waals surface area contributed by atoms with E-state index in [2.05, 4.69) is 10.3 Å². The molecule has 0 atom stereocenters. The third-order valence-corrected chi connectivity index (χ3v) is 4.95. The van der Waals surface area contributed by atoms with Crippen LogP contribution < -0.4 is 10.1 Å². The van der Waals surface area contributed by atoms with Gasteiger partial charge in [-0.2, -0.15) is 0 Å². The molecule has 1 aliphatic rings. The van der Waals surface area contributed by atoms with Crippen LogP contribution in [0.1, 0.15) is 18.2 Å². The van der Waals surface area contributed by atoms with E-state index in [-0.39, 0.29) is 5.24 Å². The van der Waals surface area contributed by atoms with Crippen molar-refractivity contribution in [1.29, 1.82) is 0 Å². The van der Waals surface area contributed by atoms with Crippen LogP contribution in [0.2, 0.25) is 0 Å². The van der Waals surface area contributed by atoms with Gasteiger partial charge in [-0.1, -0.05) is 6.07 Å². The van der Waals surface area contributed by atoms with Gasteiger partial charge in [0.05, 0.1) is 11.5 Å². The summed E-state index contributed by atoms with van der Waals surface area (Å²) in [5, 5.41) is 2.67. The lowest BCUT2D eigenvalue weighted by molar-refractivity contribution is -0.115. The quantitative estimate of drug-likeness (QED) is 0.670. The number of ether oxygens (including phenoxy) is 1. The lowest BCUT2D eigenvalue weighted by Gasteiger charge is -2.09. The number of carbonyl (C=O) groups excluding carboxylic acids is 2. The van der Waals surface area contributed by atoms with Crippen molar-refractivity contribution in [3.8, 4) is 16.9 Å². The number of rotatable bonds is 4. The number of hydrogen-bond acceptors (Lipinski definition) is 6. The van der Waals surface area contributed by atoms with Crippen LogP contribution in [0.5, 0.6) is 5.75 Å². The second-order valence-corrected chi connectivity index (χ2v) is 7.03. The summed E-state index contributed by atoms with van der Waals surface area (Å²) in [5.41, 5.74) is 3.52. The molecule has 1 fully saturated rings. The number of furan rings is 1. The molecule has 0 spiro atoms. The number of benzene rings is 1. The van der Waals surface area contributed by atoms with Gasteiger partial charge in [0, 0.05) is 29.4 Å². The zero-order valence-electron chi connectivity index (χ0n) is 14.7. The van der Waals surface area contributed by atoms with E-state index in [4.69, 9.17) is 9.15 Å². The topological polar surface area (TPSA) is 81.4 Å². The fourth-order valence-electron chi connectivity index (χ4n) is 2.94. The van der Waals surface area contributed by atoms with Gasteiger partial charge >= 0.3 is 0 Å². The lowest BCUT2D eigenvalue weighted by Crippen LogP contribution is -2.17. The molecule has 136 valence electrons. The first-order valence-electron chi connectivity index (χ1n) is 8.41. The van der Waals surface area contributed by atoms with E-state index < -0.39 is 5.91 Å². The van der Waals surface area contributed by atoms with Crippen LogP contribution >= 0.6 is 11.8 Å². The zero-order chi connectivity index (χ0) is 19.0. The number of imide groups is 1. The predicted octanol–water partition coefficient (Wildman–Crippen LogP) is 4.53. The first-order chi connectivity index (χ1) is 13.0. The van der Waals surface area contributed by atoms with Gasteiger partial charge in [-0.25, -0.2) is 0 Å². The fraction of sp³-hybridized carbons (Fsp3) is 0.150. The molecule has 4 rings (SSSR count). The Kier molecular flexibility index (Phi) is 4.45. The van der Waals surface area contributed by atoms with Gasteiger partial charge in [0.1, 0.15) is 17.1 Å². The fourth-order valence-corrected chi connectivity index (χ4v) is 3.61. The summed E-state index contributed by atoms with van der Waals surface area (Å²) in [6, 6.07) is 7.73. The summed E-state index contributed by atoms with van der Waals surface area (Å²) in [7, 11) is 0. The Labute approximate surface area is 159 Å². The molecular weight excluding hydrogens is 364 g/mol. The van der Waals surface area contributed by atoms with E-state index in [0.29, 0.717) is 22.9 Å². The third kappa shape index (κ3) is 3.33. The Balaban J connectivity index is 1.76. The minimum atomic E-state index is -0.411. The van der Waals surface area contributed by atoms with Crippen molar-refractivity contribution >= 4 is 40.0 Å². The van der Waals surface area contributed by atoms with Gasteiger partial charge in [0.15, 0.2) is 0 Å². The monoisotopic (exact) mass is 380 g/mol. The molecule has 3 heterocycles. The van der Waals surface area contributed by atoms with Gasteiger partial charge in [0.2, 0.25) is 0 Å². The van der Waals surface area contributed by atoms with Crippen LogP contribution in [0.3, 0.4) is 0 Å². The molecule has 0 bridgehead atoms. The predicted molar refractivity (Wildman–Crippen MR) is 104 cm³/mol. The van der Waals surface area contributed by atoms with Crippen molar-refractivity contribution in [3.05, 3.63) is 52.9 Å². The summed E-state index contributed by atoms with van der Waals surface area (Å²) in [5.74, 6) is 0.931. The number of aromatic nitrogens is 1. The van der Waals surface area contributed by atoms with Gasteiger partial charge in [-0.3, -0.25) is 19.9 Å². The highest BCUT2D eigenvalue weighted by molar-refractivity contribution is 8.18. The van der Waals surface area contributed by atoms with Crippen LogP contribution in [-0.4, -0.2) is 22.7 Å². The molecule has 2 aromatic heterocycles. The molecule has 0 unspecified atom stereocenters. The number of carbonyl (C=O) groups is 2. The molecule has 0 radical (unpaired) electrons. The van der Waals surface area contributed by atoms with Gasteiger partial charge in [0.25, 0.3) is 11.1 Å². The van der Waals surface area contributed by atoms with Crippen molar-refractivity contribution in [2.75, 3.05) is 6.61 Å². The largest absolute Gasteiger partial charge is 0.494 e. The third-order valence-electron chi connectivity index (χ3n) is 4.14. The smallest absolute Gasteiger partial charge is 0.290 e. The van der Waals surface area contributed by atoms with Gasteiger partial charge < -0.3 is 9.15 Å². The van der Waals surface area contributed by atoms with Crippen molar-refractivity contribution in [3.63, 3.8) is 0 Å². The minimum absolute atomic E-state index is 0.311. The number of fused-ring (bicyclic) bond motifs is 1. The van der Waals surface area contributed by atoms with Crippen molar-refractivity contribution in [2.24, 2.45) is 0 Å². The molecule has 1 N–H and O–H groups in total. The molecule has 3 aromatic rings. The lowest BCUT2D eigenvalue weighted by atomic mass is 10.0. The average Bonchev–Trinajstić information content (AvgIpc) is 3.19. The Morgan fingerprint density at radius 3 is 2.81 bits per heavy atom. The molecule has 1 aliphatic heterocycles. The number of aryl methyl sites for hydroxylation is 1. The summed E-state index contributed by atoms with van der Waals surface area (Å²) >= 11 is 0.859. The number of nitrogens with zero attached hydrogens (tertiary/aromatic N) is 1. The number of amides is 2. The van der Waals surface area contributed by atoms with E-state index >= 15 is 0 Å². The number of hydrogen-bond donors (Lipinski definition) is 1. The van der Waals surface area contributed by atoms with Crippen molar-refractivity contribution < 1.29 is 18.7 Å². The Bertz CT molecular complexity index is 1100. The van der Waals surface area contributed by atoms with Crippen LogP contribution in [0.15, 0.2) is 46.0 Å². The normalized spacial score (nSPS) is 15.6. The minimum Gasteiger partial charge on any atom is -0.494 e. The highest BCUT2D eigenvalue weighted by Gasteiger charge is 2.25. The molecule has 7 heteroatoms. The molecule has 6 nitrogen and oxygen atoms in total. The van der Waals surface area contributed by atoms with Crippen molar-refractivity contribution in [2.45, 2.75) is 13.8 Å². The second kappa shape index (κ2) is 6.92. The molecule has 1 saturated heterocycles. The SMILES string of the molecule is CCOc1ccc(-c2cncc3cc(/C=C4/SC(=O)NC4=O)oc23)cc1C. The first-order valence-corrected chi connectivity index (χ1v) is 9.23. The van der Waals surface area contributed by atoms with Gasteiger partial charge in [-0.05, 0) is 54.9 Å². The maximum atomic E-state index is 11.7. The maximum absolute atomic E-state index is 11.7. The molecule has 0 aliphatic carbocycles. The van der Waals surface area contributed by atoms with E-state index in [0.717, 1.165) is 39.6 Å². The van der Waals surface area contributed by atoms with E-state index in [1.165, 1.54) is 0 Å². The molecule has 1 aromatic carbocycles. The average molecular weight is 380 g/mol. The summed E-state index contributed by atoms with van der Waals surface area (Å²) < 4.78 is 11.6. The van der Waals surface area contributed by atoms with E-state index in [9.17, 15) is 9.59 Å². The van der Waals surface area contributed by atoms with E-state index in [1.54, 1.807) is 24.5 Å². The molecule has 27 heavy (non-hydrogen) atoms. The van der Waals surface area contributed by atoms with Crippen LogP contribution in [0, 0.1) is 6.92 Å². The summed E-state index contributed by atoms with van der Waals surface area (Å²) in [6.07, 6.45) is 5.02. The number of thioether (sulfide) groups is 1. The van der Waals surface area contributed by atoms with Crippen LogP contribution in [0.25, 0.3) is 28.2 Å². The molecule has 2 amide bonds.